The number of carbonyl (C=O) groups is 1. The number of benzene rings is 1. The number of aliphatic hydroxyl groups is 1. The van der Waals surface area contributed by atoms with Crippen LogP contribution in [0.5, 0.6) is 0 Å². The van der Waals surface area contributed by atoms with Crippen LogP contribution in [0.15, 0.2) is 24.3 Å². The van der Waals surface area contributed by atoms with E-state index in [1.165, 1.54) is 0 Å². The van der Waals surface area contributed by atoms with Crippen molar-refractivity contribution < 1.29 is 15.0 Å². The maximum Gasteiger partial charge on any atom is 0.314 e. The molecule has 2 N–H and O–H groups in total. The molecule has 1 fully saturated rings. The maximum absolute atomic E-state index is 11.6. The summed E-state index contributed by atoms with van der Waals surface area (Å²) in [6.45, 7) is 3.69. The fourth-order valence-corrected chi connectivity index (χ4v) is 2.73. The number of hydrogen-bond donors (Lipinski definition) is 2. The van der Waals surface area contributed by atoms with Crippen molar-refractivity contribution in [1.82, 2.24) is 0 Å². The molecule has 1 aromatic rings. The van der Waals surface area contributed by atoms with Crippen molar-refractivity contribution in [1.29, 1.82) is 0 Å². The minimum Gasteiger partial charge on any atom is -0.481 e. The summed E-state index contributed by atoms with van der Waals surface area (Å²) in [5.74, 6) is -0.834. The van der Waals surface area contributed by atoms with E-state index in [1.54, 1.807) is 6.92 Å². The Hall–Kier alpha value is -1.35. The van der Waals surface area contributed by atoms with E-state index < -0.39 is 17.0 Å². The molecular formula is C14H18O3. The summed E-state index contributed by atoms with van der Waals surface area (Å²) in [6.07, 6.45) is 1.32. The van der Waals surface area contributed by atoms with Crippen molar-refractivity contribution in [2.24, 2.45) is 0 Å². The van der Waals surface area contributed by atoms with Gasteiger partial charge in [-0.25, -0.2) is 0 Å². The van der Waals surface area contributed by atoms with Gasteiger partial charge in [0.25, 0.3) is 0 Å². The van der Waals surface area contributed by atoms with Crippen LogP contribution in [0.2, 0.25) is 0 Å². The minimum absolute atomic E-state index is 0.290. The summed E-state index contributed by atoms with van der Waals surface area (Å²) in [4.78, 5) is 11.6. The predicted molar refractivity (Wildman–Crippen MR) is 65.0 cm³/mol. The third-order valence-electron chi connectivity index (χ3n) is 3.79. The van der Waals surface area contributed by atoms with Crippen molar-refractivity contribution in [2.75, 3.05) is 0 Å². The fourth-order valence-electron chi connectivity index (χ4n) is 2.73. The van der Waals surface area contributed by atoms with Gasteiger partial charge in [-0.2, -0.15) is 0 Å². The van der Waals surface area contributed by atoms with Crippen LogP contribution in [0.25, 0.3) is 0 Å². The molecule has 0 amide bonds. The normalized spacial score (nSPS) is 32.6. The van der Waals surface area contributed by atoms with Crippen LogP contribution in [0, 0.1) is 6.92 Å². The Kier molecular flexibility index (Phi) is 2.74. The Labute approximate surface area is 101 Å². The van der Waals surface area contributed by atoms with Crippen molar-refractivity contribution in [3.05, 3.63) is 35.4 Å². The van der Waals surface area contributed by atoms with E-state index in [1.807, 2.05) is 31.2 Å². The van der Waals surface area contributed by atoms with Crippen LogP contribution < -0.4 is 0 Å². The third-order valence-corrected chi connectivity index (χ3v) is 3.79. The highest BCUT2D eigenvalue weighted by atomic mass is 16.4. The molecule has 92 valence electrons. The van der Waals surface area contributed by atoms with Gasteiger partial charge in [-0.3, -0.25) is 4.79 Å². The summed E-state index contributed by atoms with van der Waals surface area (Å²) in [5, 5.41) is 19.5. The van der Waals surface area contributed by atoms with Gasteiger partial charge in [-0.05, 0) is 38.7 Å². The smallest absolute Gasteiger partial charge is 0.314 e. The molecule has 1 aliphatic carbocycles. The molecule has 0 bridgehead atoms. The van der Waals surface area contributed by atoms with E-state index in [4.69, 9.17) is 0 Å². The van der Waals surface area contributed by atoms with Crippen molar-refractivity contribution in [3.8, 4) is 0 Å². The first kappa shape index (κ1) is 12.1. The standard InChI is InChI=1S/C14H18O3/c1-10-3-5-11(6-4-10)14(12(15)16)8-7-13(2,17)9-14/h3-6,17H,7-9H2,1-2H3,(H,15,16). The van der Waals surface area contributed by atoms with Gasteiger partial charge in [0.1, 0.15) is 0 Å². The van der Waals surface area contributed by atoms with Crippen LogP contribution >= 0.6 is 0 Å². The molecule has 2 atom stereocenters. The van der Waals surface area contributed by atoms with Gasteiger partial charge in [-0.15, -0.1) is 0 Å². The Morgan fingerprint density at radius 3 is 2.24 bits per heavy atom. The number of hydrogen-bond acceptors (Lipinski definition) is 2. The number of aliphatic carboxylic acids is 1. The average Bonchev–Trinajstić information content (AvgIpc) is 2.57. The van der Waals surface area contributed by atoms with Gasteiger partial charge < -0.3 is 10.2 Å². The van der Waals surface area contributed by atoms with Crippen LogP contribution in [0.3, 0.4) is 0 Å². The summed E-state index contributed by atoms with van der Waals surface area (Å²) in [6, 6.07) is 7.58. The van der Waals surface area contributed by atoms with Gasteiger partial charge in [-0.1, -0.05) is 29.8 Å². The summed E-state index contributed by atoms with van der Waals surface area (Å²) < 4.78 is 0. The van der Waals surface area contributed by atoms with E-state index in [0.29, 0.717) is 19.3 Å². The van der Waals surface area contributed by atoms with E-state index in [-0.39, 0.29) is 0 Å². The highest BCUT2D eigenvalue weighted by Crippen LogP contribution is 2.46. The molecule has 17 heavy (non-hydrogen) atoms. The zero-order valence-corrected chi connectivity index (χ0v) is 10.2. The highest BCUT2D eigenvalue weighted by molar-refractivity contribution is 5.82. The molecule has 0 spiro atoms. The Morgan fingerprint density at radius 2 is 1.82 bits per heavy atom. The quantitative estimate of drug-likeness (QED) is 0.825. The van der Waals surface area contributed by atoms with E-state index in [0.717, 1.165) is 11.1 Å². The van der Waals surface area contributed by atoms with Crippen molar-refractivity contribution in [2.45, 2.75) is 44.1 Å². The number of rotatable bonds is 2. The molecule has 0 saturated heterocycles. The second-order valence-corrected chi connectivity index (χ2v) is 5.43. The lowest BCUT2D eigenvalue weighted by atomic mass is 9.77. The van der Waals surface area contributed by atoms with E-state index >= 15 is 0 Å². The monoisotopic (exact) mass is 234 g/mol. The Morgan fingerprint density at radius 1 is 1.24 bits per heavy atom. The highest BCUT2D eigenvalue weighted by Gasteiger charge is 2.51. The SMILES string of the molecule is Cc1ccc(C2(C(=O)O)CCC(C)(O)C2)cc1. The Bertz CT molecular complexity index is 433. The average molecular weight is 234 g/mol. The molecule has 1 aliphatic rings. The number of aryl methyl sites for hydroxylation is 1. The molecule has 0 radical (unpaired) electrons. The zero-order chi connectivity index (χ0) is 12.7. The molecule has 2 rings (SSSR count). The lowest BCUT2D eigenvalue weighted by molar-refractivity contribution is -0.144. The molecule has 0 heterocycles. The fraction of sp³-hybridized carbons (Fsp3) is 0.500. The van der Waals surface area contributed by atoms with Crippen molar-refractivity contribution in [3.63, 3.8) is 0 Å². The van der Waals surface area contributed by atoms with Gasteiger partial charge in [0, 0.05) is 0 Å². The molecule has 0 aliphatic heterocycles. The third kappa shape index (κ3) is 2.07. The summed E-state index contributed by atoms with van der Waals surface area (Å²) >= 11 is 0. The topological polar surface area (TPSA) is 57.5 Å². The summed E-state index contributed by atoms with van der Waals surface area (Å²) in [7, 11) is 0. The zero-order valence-electron chi connectivity index (χ0n) is 10.2. The van der Waals surface area contributed by atoms with E-state index in [2.05, 4.69) is 0 Å². The molecular weight excluding hydrogens is 216 g/mol. The number of carboxylic acid groups (broad SMARTS) is 1. The first-order valence-corrected chi connectivity index (χ1v) is 5.89. The largest absolute Gasteiger partial charge is 0.481 e. The molecule has 0 aromatic heterocycles. The minimum atomic E-state index is -0.919. The first-order chi connectivity index (χ1) is 7.86. The molecule has 1 aromatic carbocycles. The van der Waals surface area contributed by atoms with Crippen LogP contribution in [-0.4, -0.2) is 21.8 Å². The maximum atomic E-state index is 11.6. The van der Waals surface area contributed by atoms with Crippen LogP contribution in [0.1, 0.15) is 37.3 Å². The molecule has 2 unspecified atom stereocenters. The first-order valence-electron chi connectivity index (χ1n) is 5.89. The second kappa shape index (κ2) is 3.84. The van der Waals surface area contributed by atoms with Crippen LogP contribution in [-0.2, 0) is 10.2 Å². The van der Waals surface area contributed by atoms with E-state index in [9.17, 15) is 15.0 Å². The van der Waals surface area contributed by atoms with Gasteiger partial charge in [0.15, 0.2) is 0 Å². The van der Waals surface area contributed by atoms with Gasteiger partial charge in [0.05, 0.1) is 11.0 Å². The molecule has 1 saturated carbocycles. The van der Waals surface area contributed by atoms with Crippen molar-refractivity contribution >= 4 is 5.97 Å². The van der Waals surface area contributed by atoms with Crippen LogP contribution in [0.4, 0.5) is 0 Å². The Balaban J connectivity index is 2.43. The lowest BCUT2D eigenvalue weighted by Crippen LogP contribution is -2.35. The second-order valence-electron chi connectivity index (χ2n) is 5.43. The lowest BCUT2D eigenvalue weighted by Gasteiger charge is -2.26. The summed E-state index contributed by atoms with van der Waals surface area (Å²) in [5.41, 5.74) is 0.118. The molecule has 3 heteroatoms. The van der Waals surface area contributed by atoms with Gasteiger partial charge >= 0.3 is 5.97 Å². The molecule has 3 nitrogen and oxygen atoms in total. The van der Waals surface area contributed by atoms with Gasteiger partial charge in [0.2, 0.25) is 0 Å². The predicted octanol–water partition coefficient (Wildman–Crippen LogP) is 2.25. The number of carboxylic acids is 1.